The molecule has 0 heterocycles. The minimum absolute atomic E-state index is 0.790. The molecular formula is C17H21BrN2O. The van der Waals surface area contributed by atoms with Gasteiger partial charge in [-0.3, -0.25) is 0 Å². The summed E-state index contributed by atoms with van der Waals surface area (Å²) in [7, 11) is 1.69. The van der Waals surface area contributed by atoms with Gasteiger partial charge in [0.2, 0.25) is 0 Å². The van der Waals surface area contributed by atoms with Gasteiger partial charge in [-0.05, 0) is 48.4 Å². The van der Waals surface area contributed by atoms with E-state index in [4.69, 9.17) is 10.5 Å². The smallest absolute Gasteiger partial charge is 0.119 e. The first-order valence-corrected chi connectivity index (χ1v) is 7.86. The normalized spacial score (nSPS) is 10.4. The van der Waals surface area contributed by atoms with E-state index in [0.717, 1.165) is 41.1 Å². The van der Waals surface area contributed by atoms with Crippen LogP contribution in [-0.2, 0) is 6.54 Å². The Labute approximate surface area is 134 Å². The summed E-state index contributed by atoms with van der Waals surface area (Å²) >= 11 is 3.62. The van der Waals surface area contributed by atoms with Gasteiger partial charge in [0.1, 0.15) is 5.75 Å². The molecule has 0 atom stereocenters. The quantitative estimate of drug-likeness (QED) is 0.783. The first-order chi connectivity index (χ1) is 10.1. The van der Waals surface area contributed by atoms with E-state index in [-0.39, 0.29) is 0 Å². The molecule has 0 saturated heterocycles. The SMILES string of the molecule is CCCN(Cc1cc(OC)ccc1Br)c1cccc(N)c1. The Morgan fingerprint density at radius 3 is 2.67 bits per heavy atom. The molecule has 21 heavy (non-hydrogen) atoms. The van der Waals surface area contributed by atoms with Crippen molar-refractivity contribution in [3.05, 3.63) is 52.5 Å². The highest BCUT2D eigenvalue weighted by molar-refractivity contribution is 9.10. The molecule has 3 nitrogen and oxygen atoms in total. The maximum Gasteiger partial charge on any atom is 0.119 e. The van der Waals surface area contributed by atoms with Gasteiger partial charge in [0.15, 0.2) is 0 Å². The Balaban J connectivity index is 2.28. The molecule has 0 radical (unpaired) electrons. The second-order valence-electron chi connectivity index (χ2n) is 4.97. The number of rotatable bonds is 6. The predicted molar refractivity (Wildman–Crippen MR) is 92.9 cm³/mol. The van der Waals surface area contributed by atoms with Gasteiger partial charge in [-0.15, -0.1) is 0 Å². The molecule has 0 bridgehead atoms. The molecule has 4 heteroatoms. The van der Waals surface area contributed by atoms with Gasteiger partial charge < -0.3 is 15.4 Å². The fourth-order valence-corrected chi connectivity index (χ4v) is 2.67. The lowest BCUT2D eigenvalue weighted by atomic mass is 10.1. The third kappa shape index (κ3) is 4.14. The Hall–Kier alpha value is -1.68. The Kier molecular flexibility index (Phi) is 5.51. The maximum atomic E-state index is 5.91. The fraction of sp³-hybridized carbons (Fsp3) is 0.294. The molecule has 0 fully saturated rings. The molecule has 0 unspecified atom stereocenters. The van der Waals surface area contributed by atoms with Crippen LogP contribution in [0, 0.1) is 0 Å². The standard InChI is InChI=1S/C17H21BrN2O/c1-3-9-20(15-6-4-5-14(19)11-15)12-13-10-16(21-2)7-8-17(13)18/h4-8,10-11H,3,9,12,19H2,1-2H3. The first kappa shape index (κ1) is 15.7. The van der Waals surface area contributed by atoms with Crippen LogP contribution in [0.1, 0.15) is 18.9 Å². The number of hydrogen-bond acceptors (Lipinski definition) is 3. The van der Waals surface area contributed by atoms with Crippen LogP contribution in [-0.4, -0.2) is 13.7 Å². The summed E-state index contributed by atoms with van der Waals surface area (Å²) in [5.74, 6) is 0.872. The highest BCUT2D eigenvalue weighted by Crippen LogP contribution is 2.26. The zero-order valence-electron chi connectivity index (χ0n) is 12.5. The van der Waals surface area contributed by atoms with E-state index in [1.165, 1.54) is 5.56 Å². The van der Waals surface area contributed by atoms with Crippen LogP contribution < -0.4 is 15.4 Å². The lowest BCUT2D eigenvalue weighted by Gasteiger charge is -2.25. The van der Waals surface area contributed by atoms with Crippen molar-refractivity contribution < 1.29 is 4.74 Å². The maximum absolute atomic E-state index is 5.91. The zero-order valence-corrected chi connectivity index (χ0v) is 14.1. The van der Waals surface area contributed by atoms with Crippen molar-refractivity contribution >= 4 is 27.3 Å². The van der Waals surface area contributed by atoms with Gasteiger partial charge in [-0.25, -0.2) is 0 Å². The van der Waals surface area contributed by atoms with E-state index in [2.05, 4.69) is 39.9 Å². The van der Waals surface area contributed by atoms with E-state index < -0.39 is 0 Å². The number of nitrogens with zero attached hydrogens (tertiary/aromatic N) is 1. The van der Waals surface area contributed by atoms with Crippen LogP contribution in [0.25, 0.3) is 0 Å². The minimum Gasteiger partial charge on any atom is -0.497 e. The summed E-state index contributed by atoms with van der Waals surface area (Å²) in [4.78, 5) is 2.33. The fourth-order valence-electron chi connectivity index (χ4n) is 2.30. The van der Waals surface area contributed by atoms with Crippen LogP contribution >= 0.6 is 15.9 Å². The second kappa shape index (κ2) is 7.36. The van der Waals surface area contributed by atoms with Crippen molar-refractivity contribution in [2.24, 2.45) is 0 Å². The van der Waals surface area contributed by atoms with Crippen LogP contribution in [0.15, 0.2) is 46.9 Å². The van der Waals surface area contributed by atoms with E-state index in [1.54, 1.807) is 7.11 Å². The van der Waals surface area contributed by atoms with Crippen molar-refractivity contribution in [1.29, 1.82) is 0 Å². The Morgan fingerprint density at radius 1 is 1.19 bits per heavy atom. The highest BCUT2D eigenvalue weighted by atomic mass is 79.9. The largest absolute Gasteiger partial charge is 0.497 e. The van der Waals surface area contributed by atoms with Crippen molar-refractivity contribution in [3.8, 4) is 5.75 Å². The van der Waals surface area contributed by atoms with Crippen molar-refractivity contribution in [2.45, 2.75) is 19.9 Å². The monoisotopic (exact) mass is 348 g/mol. The van der Waals surface area contributed by atoms with Gasteiger partial charge in [-0.2, -0.15) is 0 Å². The summed E-state index contributed by atoms with van der Waals surface area (Å²) < 4.78 is 6.41. The highest BCUT2D eigenvalue weighted by Gasteiger charge is 2.10. The molecule has 0 aliphatic heterocycles. The third-order valence-corrected chi connectivity index (χ3v) is 4.12. The number of hydrogen-bond donors (Lipinski definition) is 1. The van der Waals surface area contributed by atoms with E-state index in [9.17, 15) is 0 Å². The van der Waals surface area contributed by atoms with E-state index >= 15 is 0 Å². The molecule has 0 amide bonds. The molecule has 112 valence electrons. The van der Waals surface area contributed by atoms with E-state index in [0.29, 0.717) is 0 Å². The Morgan fingerprint density at radius 2 is 2.00 bits per heavy atom. The molecular weight excluding hydrogens is 328 g/mol. The van der Waals surface area contributed by atoms with Gasteiger partial charge >= 0.3 is 0 Å². The zero-order chi connectivity index (χ0) is 15.2. The van der Waals surface area contributed by atoms with Crippen molar-refractivity contribution in [2.75, 3.05) is 24.3 Å². The van der Waals surface area contributed by atoms with Crippen molar-refractivity contribution in [1.82, 2.24) is 0 Å². The molecule has 0 aromatic heterocycles. The number of halogens is 1. The molecule has 0 aliphatic rings. The molecule has 2 aromatic rings. The summed E-state index contributed by atoms with van der Waals surface area (Å²) in [5, 5.41) is 0. The molecule has 2 N–H and O–H groups in total. The predicted octanol–water partition coefficient (Wildman–Crippen LogP) is 4.46. The van der Waals surface area contributed by atoms with E-state index in [1.807, 2.05) is 30.3 Å². The van der Waals surface area contributed by atoms with Crippen molar-refractivity contribution in [3.63, 3.8) is 0 Å². The minimum atomic E-state index is 0.790. The number of ether oxygens (including phenoxy) is 1. The average molecular weight is 349 g/mol. The second-order valence-corrected chi connectivity index (χ2v) is 5.83. The van der Waals surface area contributed by atoms with Crippen LogP contribution in [0.5, 0.6) is 5.75 Å². The molecule has 2 rings (SSSR count). The molecule has 0 spiro atoms. The average Bonchev–Trinajstić information content (AvgIpc) is 2.49. The Bertz CT molecular complexity index is 601. The lowest BCUT2D eigenvalue weighted by molar-refractivity contribution is 0.414. The topological polar surface area (TPSA) is 38.5 Å². The van der Waals surface area contributed by atoms with Crippen LogP contribution in [0.4, 0.5) is 11.4 Å². The number of nitrogens with two attached hydrogens (primary N) is 1. The summed E-state index contributed by atoms with van der Waals surface area (Å²) in [6.45, 7) is 3.97. The van der Waals surface area contributed by atoms with Gasteiger partial charge in [0.05, 0.1) is 7.11 Å². The first-order valence-electron chi connectivity index (χ1n) is 7.07. The number of methoxy groups -OCH3 is 1. The van der Waals surface area contributed by atoms with Gasteiger partial charge in [0.25, 0.3) is 0 Å². The van der Waals surface area contributed by atoms with Crippen LogP contribution in [0.3, 0.4) is 0 Å². The molecule has 2 aromatic carbocycles. The number of benzene rings is 2. The van der Waals surface area contributed by atoms with Gasteiger partial charge in [-0.1, -0.05) is 28.9 Å². The molecule has 0 saturated carbocycles. The van der Waals surface area contributed by atoms with Crippen LogP contribution in [0.2, 0.25) is 0 Å². The van der Waals surface area contributed by atoms with Gasteiger partial charge in [0, 0.05) is 28.9 Å². The lowest BCUT2D eigenvalue weighted by Crippen LogP contribution is -2.23. The summed E-state index contributed by atoms with van der Waals surface area (Å²) in [6.07, 6.45) is 1.08. The number of nitrogen functional groups attached to an aromatic ring is 1. The number of anilines is 2. The summed E-state index contributed by atoms with van der Waals surface area (Å²) in [5.41, 5.74) is 9.04. The third-order valence-electron chi connectivity index (χ3n) is 3.34. The summed E-state index contributed by atoms with van der Waals surface area (Å²) in [6, 6.07) is 14.1. The molecule has 0 aliphatic carbocycles.